The Bertz CT molecular complexity index is 355. The van der Waals surface area contributed by atoms with Crippen LogP contribution in [0.25, 0.3) is 0 Å². The van der Waals surface area contributed by atoms with Crippen LogP contribution in [0.1, 0.15) is 16.7 Å². The van der Waals surface area contributed by atoms with E-state index in [1.807, 2.05) is 0 Å². The molecular weight excluding hydrogens is 177 g/mol. The van der Waals surface area contributed by atoms with E-state index in [4.69, 9.17) is 6.42 Å². The Hall–Kier alpha value is -1.43. The number of aryl methyl sites for hydroxylation is 1. The van der Waals surface area contributed by atoms with Crippen LogP contribution in [0.2, 0.25) is 0 Å². The van der Waals surface area contributed by atoms with Crippen LogP contribution in [0.3, 0.4) is 0 Å². The van der Waals surface area contributed by atoms with E-state index in [-0.39, 0.29) is 11.1 Å². The van der Waals surface area contributed by atoms with Crippen LogP contribution in [0.5, 0.6) is 0 Å². The lowest BCUT2D eigenvalue weighted by Crippen LogP contribution is -2.07. The summed E-state index contributed by atoms with van der Waals surface area (Å²) in [6.45, 7) is 1.41. The highest BCUT2D eigenvalue weighted by Crippen LogP contribution is 2.32. The summed E-state index contributed by atoms with van der Waals surface area (Å²) >= 11 is 0. The first-order chi connectivity index (χ1) is 5.95. The largest absolute Gasteiger partial charge is 0.416 e. The highest BCUT2D eigenvalue weighted by Gasteiger charge is 2.32. The fourth-order valence-electron chi connectivity index (χ4n) is 1.02. The summed E-state index contributed by atoms with van der Waals surface area (Å²) < 4.78 is 36.9. The molecule has 1 rings (SSSR count). The zero-order valence-corrected chi connectivity index (χ0v) is 6.94. The smallest absolute Gasteiger partial charge is 0.166 e. The van der Waals surface area contributed by atoms with Gasteiger partial charge in [0.05, 0.1) is 5.56 Å². The predicted octanol–water partition coefficient (Wildman–Crippen LogP) is 3.00. The molecule has 0 saturated heterocycles. The maximum absolute atomic E-state index is 12.3. The SMILES string of the molecule is C#Cc1ccc(C)c(C(F)(F)F)c1. The number of halogens is 3. The highest BCUT2D eigenvalue weighted by molar-refractivity contribution is 5.40. The van der Waals surface area contributed by atoms with Crippen molar-refractivity contribution in [2.75, 3.05) is 0 Å². The summed E-state index contributed by atoms with van der Waals surface area (Å²) in [6.07, 6.45) is 0.672. The van der Waals surface area contributed by atoms with Crippen LogP contribution >= 0.6 is 0 Å². The summed E-state index contributed by atoms with van der Waals surface area (Å²) in [5.74, 6) is 2.17. The summed E-state index contributed by atoms with van der Waals surface area (Å²) in [5.41, 5.74) is -0.229. The van der Waals surface area contributed by atoms with Gasteiger partial charge in [0.1, 0.15) is 0 Å². The van der Waals surface area contributed by atoms with Gasteiger partial charge in [-0.15, -0.1) is 6.42 Å². The zero-order chi connectivity index (χ0) is 10.1. The Labute approximate surface area is 74.4 Å². The molecule has 0 bridgehead atoms. The van der Waals surface area contributed by atoms with E-state index in [0.717, 1.165) is 6.07 Å². The summed E-state index contributed by atoms with van der Waals surface area (Å²) in [6, 6.07) is 3.85. The fourth-order valence-corrected chi connectivity index (χ4v) is 1.02. The molecule has 0 fully saturated rings. The Morgan fingerprint density at radius 3 is 2.38 bits per heavy atom. The lowest BCUT2D eigenvalue weighted by atomic mass is 10.1. The van der Waals surface area contributed by atoms with Crippen molar-refractivity contribution in [1.29, 1.82) is 0 Å². The van der Waals surface area contributed by atoms with Gasteiger partial charge in [-0.2, -0.15) is 13.2 Å². The van der Waals surface area contributed by atoms with Gasteiger partial charge in [-0.3, -0.25) is 0 Å². The molecule has 1 aromatic rings. The average Bonchev–Trinajstić information content (AvgIpc) is 2.03. The van der Waals surface area contributed by atoms with Crippen LogP contribution in [-0.4, -0.2) is 0 Å². The van der Waals surface area contributed by atoms with Crippen molar-refractivity contribution in [2.45, 2.75) is 13.1 Å². The molecule has 0 heterocycles. The molecule has 0 nitrogen and oxygen atoms in total. The van der Waals surface area contributed by atoms with Crippen LogP contribution in [0.4, 0.5) is 13.2 Å². The van der Waals surface area contributed by atoms with Crippen molar-refractivity contribution in [3.63, 3.8) is 0 Å². The molecule has 0 saturated carbocycles. The predicted molar refractivity (Wildman–Crippen MR) is 44.1 cm³/mol. The number of hydrogen-bond donors (Lipinski definition) is 0. The minimum atomic E-state index is -4.32. The molecule has 0 radical (unpaired) electrons. The van der Waals surface area contributed by atoms with Crippen LogP contribution in [-0.2, 0) is 6.18 Å². The average molecular weight is 184 g/mol. The first-order valence-corrected chi connectivity index (χ1v) is 3.59. The second kappa shape index (κ2) is 3.14. The third-order valence-electron chi connectivity index (χ3n) is 1.71. The van der Waals surface area contributed by atoms with E-state index < -0.39 is 11.7 Å². The van der Waals surface area contributed by atoms with Crippen LogP contribution in [0, 0.1) is 19.3 Å². The lowest BCUT2D eigenvalue weighted by molar-refractivity contribution is -0.138. The Balaban J connectivity index is 3.29. The van der Waals surface area contributed by atoms with E-state index in [1.165, 1.54) is 19.1 Å². The topological polar surface area (TPSA) is 0 Å². The van der Waals surface area contributed by atoms with Gasteiger partial charge in [-0.05, 0) is 24.6 Å². The minimum Gasteiger partial charge on any atom is -0.166 e. The summed E-state index contributed by atoms with van der Waals surface area (Å²) in [4.78, 5) is 0. The maximum atomic E-state index is 12.3. The van der Waals surface area contributed by atoms with Gasteiger partial charge in [-0.25, -0.2) is 0 Å². The Kier molecular flexibility index (Phi) is 2.33. The fraction of sp³-hybridized carbons (Fsp3) is 0.200. The third kappa shape index (κ3) is 2.03. The van der Waals surface area contributed by atoms with Crippen molar-refractivity contribution in [2.24, 2.45) is 0 Å². The molecular formula is C10H7F3. The molecule has 0 unspecified atom stereocenters. The van der Waals surface area contributed by atoms with E-state index in [1.54, 1.807) is 0 Å². The van der Waals surface area contributed by atoms with Gasteiger partial charge in [0, 0.05) is 5.56 Å². The van der Waals surface area contributed by atoms with Gasteiger partial charge < -0.3 is 0 Å². The molecule has 13 heavy (non-hydrogen) atoms. The second-order valence-electron chi connectivity index (χ2n) is 2.67. The molecule has 0 aliphatic rings. The molecule has 68 valence electrons. The van der Waals surface area contributed by atoms with E-state index in [2.05, 4.69) is 5.92 Å². The van der Waals surface area contributed by atoms with E-state index in [9.17, 15) is 13.2 Å². The number of alkyl halides is 3. The van der Waals surface area contributed by atoms with Crippen molar-refractivity contribution < 1.29 is 13.2 Å². The van der Waals surface area contributed by atoms with E-state index >= 15 is 0 Å². The molecule has 0 aliphatic carbocycles. The highest BCUT2D eigenvalue weighted by atomic mass is 19.4. The Morgan fingerprint density at radius 2 is 1.92 bits per heavy atom. The molecule has 0 N–H and O–H groups in total. The zero-order valence-electron chi connectivity index (χ0n) is 6.94. The van der Waals surface area contributed by atoms with Crippen molar-refractivity contribution in [1.82, 2.24) is 0 Å². The Morgan fingerprint density at radius 1 is 1.31 bits per heavy atom. The molecule has 0 atom stereocenters. The van der Waals surface area contributed by atoms with Crippen molar-refractivity contribution in [3.8, 4) is 12.3 Å². The maximum Gasteiger partial charge on any atom is 0.416 e. The number of benzene rings is 1. The van der Waals surface area contributed by atoms with Gasteiger partial charge in [0.2, 0.25) is 0 Å². The molecule has 1 aromatic carbocycles. The monoisotopic (exact) mass is 184 g/mol. The van der Waals surface area contributed by atoms with Gasteiger partial charge >= 0.3 is 6.18 Å². The standard InChI is InChI=1S/C10H7F3/c1-3-8-5-4-7(2)9(6-8)10(11,12)13/h1,4-6H,2H3. The molecule has 0 aromatic heterocycles. The van der Waals surface area contributed by atoms with Crippen LogP contribution in [0.15, 0.2) is 18.2 Å². The first kappa shape index (κ1) is 9.66. The summed E-state index contributed by atoms with van der Waals surface area (Å²) in [5, 5.41) is 0. The first-order valence-electron chi connectivity index (χ1n) is 3.59. The quantitative estimate of drug-likeness (QED) is 0.544. The molecule has 3 heteroatoms. The number of terminal acetylenes is 1. The van der Waals surface area contributed by atoms with Gasteiger partial charge in [0.25, 0.3) is 0 Å². The van der Waals surface area contributed by atoms with E-state index in [0.29, 0.717) is 0 Å². The third-order valence-corrected chi connectivity index (χ3v) is 1.71. The molecule has 0 spiro atoms. The number of hydrogen-bond acceptors (Lipinski definition) is 0. The molecule has 0 amide bonds. The van der Waals surface area contributed by atoms with Crippen molar-refractivity contribution in [3.05, 3.63) is 34.9 Å². The van der Waals surface area contributed by atoms with Crippen LogP contribution < -0.4 is 0 Å². The normalized spacial score (nSPS) is 11.0. The second-order valence-corrected chi connectivity index (χ2v) is 2.67. The van der Waals surface area contributed by atoms with Crippen molar-refractivity contribution >= 4 is 0 Å². The van der Waals surface area contributed by atoms with Gasteiger partial charge in [-0.1, -0.05) is 12.0 Å². The minimum absolute atomic E-state index is 0.187. The summed E-state index contributed by atoms with van der Waals surface area (Å²) in [7, 11) is 0. The lowest BCUT2D eigenvalue weighted by Gasteiger charge is -2.09. The van der Waals surface area contributed by atoms with Gasteiger partial charge in [0.15, 0.2) is 0 Å². The molecule has 0 aliphatic heterocycles. The number of rotatable bonds is 0.